The van der Waals surface area contributed by atoms with E-state index in [-0.39, 0.29) is 23.7 Å². The molecule has 0 aliphatic carbocycles. The second kappa shape index (κ2) is 8.22. The molecule has 0 heterocycles. The molecule has 0 bridgehead atoms. The van der Waals surface area contributed by atoms with Gasteiger partial charge in [0, 0.05) is 18.7 Å². The monoisotopic (exact) mass is 283 g/mol. The van der Waals surface area contributed by atoms with Gasteiger partial charge in [-0.1, -0.05) is 19.9 Å². The van der Waals surface area contributed by atoms with Crippen LogP contribution in [0.15, 0.2) is 18.2 Å². The van der Waals surface area contributed by atoms with E-state index in [4.69, 9.17) is 9.47 Å². The molecule has 1 rings (SSSR count). The highest BCUT2D eigenvalue weighted by Gasteiger charge is 2.17. The minimum atomic E-state index is -0.329. The maximum absolute atomic E-state index is 13.7. The Morgan fingerprint density at radius 3 is 2.45 bits per heavy atom. The quantitative estimate of drug-likeness (QED) is 0.791. The molecule has 0 spiro atoms. The van der Waals surface area contributed by atoms with E-state index in [0.717, 1.165) is 5.56 Å². The molecule has 1 aromatic carbocycles. The molecule has 3 nitrogen and oxygen atoms in total. The van der Waals surface area contributed by atoms with Gasteiger partial charge in [-0.3, -0.25) is 0 Å². The molecule has 0 saturated heterocycles. The fraction of sp³-hybridized carbons (Fsp3) is 0.625. The number of halogens is 1. The van der Waals surface area contributed by atoms with Crippen LogP contribution < -0.4 is 10.1 Å². The maximum Gasteiger partial charge on any atom is 0.165 e. The minimum Gasteiger partial charge on any atom is -0.494 e. The standard InChI is InChI=1S/C16H26FNO2/c1-6-20-10-15(11(2)3)18-12(4)13-7-8-16(19-5)14(17)9-13/h7-9,11-12,15,18H,6,10H2,1-5H3. The summed E-state index contributed by atoms with van der Waals surface area (Å²) in [5.41, 5.74) is 0.908. The molecule has 0 aliphatic rings. The van der Waals surface area contributed by atoms with Crippen molar-refractivity contribution in [2.75, 3.05) is 20.3 Å². The Morgan fingerprint density at radius 1 is 1.25 bits per heavy atom. The third-order valence-corrected chi connectivity index (χ3v) is 3.45. The average Bonchev–Trinajstić information content (AvgIpc) is 2.42. The van der Waals surface area contributed by atoms with Crippen molar-refractivity contribution >= 4 is 0 Å². The molecule has 114 valence electrons. The van der Waals surface area contributed by atoms with Crippen molar-refractivity contribution in [1.29, 1.82) is 0 Å². The first-order valence-electron chi connectivity index (χ1n) is 7.16. The van der Waals surface area contributed by atoms with Gasteiger partial charge in [-0.2, -0.15) is 0 Å². The van der Waals surface area contributed by atoms with Crippen molar-refractivity contribution in [2.45, 2.75) is 39.8 Å². The summed E-state index contributed by atoms with van der Waals surface area (Å²) >= 11 is 0. The maximum atomic E-state index is 13.7. The molecule has 0 fully saturated rings. The first-order valence-corrected chi connectivity index (χ1v) is 7.16. The zero-order valence-corrected chi connectivity index (χ0v) is 13.1. The largest absolute Gasteiger partial charge is 0.494 e. The Morgan fingerprint density at radius 2 is 1.95 bits per heavy atom. The normalized spacial score (nSPS) is 14.3. The van der Waals surface area contributed by atoms with Crippen LogP contribution in [0.3, 0.4) is 0 Å². The second-order valence-corrected chi connectivity index (χ2v) is 5.29. The highest BCUT2D eigenvalue weighted by atomic mass is 19.1. The van der Waals surface area contributed by atoms with Crippen LogP contribution in [0.4, 0.5) is 4.39 Å². The van der Waals surface area contributed by atoms with Gasteiger partial charge in [-0.25, -0.2) is 4.39 Å². The number of hydrogen-bond acceptors (Lipinski definition) is 3. The summed E-state index contributed by atoms with van der Waals surface area (Å²) in [6.07, 6.45) is 0. The van der Waals surface area contributed by atoms with Crippen LogP contribution in [0, 0.1) is 11.7 Å². The van der Waals surface area contributed by atoms with Crippen LogP contribution in [0.1, 0.15) is 39.3 Å². The summed E-state index contributed by atoms with van der Waals surface area (Å²) in [5, 5.41) is 3.50. The van der Waals surface area contributed by atoms with Gasteiger partial charge in [-0.05, 0) is 37.5 Å². The van der Waals surface area contributed by atoms with Gasteiger partial charge >= 0.3 is 0 Å². The van der Waals surface area contributed by atoms with Gasteiger partial charge in [0.05, 0.1) is 13.7 Å². The van der Waals surface area contributed by atoms with Crippen LogP contribution in [-0.4, -0.2) is 26.4 Å². The number of methoxy groups -OCH3 is 1. The van der Waals surface area contributed by atoms with Crippen LogP contribution >= 0.6 is 0 Å². The van der Waals surface area contributed by atoms with E-state index < -0.39 is 0 Å². The summed E-state index contributed by atoms with van der Waals surface area (Å²) in [4.78, 5) is 0. The third kappa shape index (κ3) is 4.76. The zero-order valence-electron chi connectivity index (χ0n) is 13.1. The zero-order chi connectivity index (χ0) is 15.1. The van der Waals surface area contributed by atoms with E-state index in [2.05, 4.69) is 19.2 Å². The van der Waals surface area contributed by atoms with E-state index in [1.165, 1.54) is 13.2 Å². The summed E-state index contributed by atoms with van der Waals surface area (Å²) in [5.74, 6) is 0.396. The molecule has 2 unspecified atom stereocenters. The van der Waals surface area contributed by atoms with Crippen molar-refractivity contribution in [1.82, 2.24) is 5.32 Å². The Bertz CT molecular complexity index is 409. The van der Waals surface area contributed by atoms with Crippen molar-refractivity contribution < 1.29 is 13.9 Å². The number of nitrogens with one attached hydrogen (secondary N) is 1. The lowest BCUT2D eigenvalue weighted by Gasteiger charge is -2.26. The number of rotatable bonds is 8. The predicted molar refractivity (Wildman–Crippen MR) is 79.6 cm³/mol. The van der Waals surface area contributed by atoms with Gasteiger partial charge in [0.15, 0.2) is 11.6 Å². The van der Waals surface area contributed by atoms with Crippen LogP contribution in [-0.2, 0) is 4.74 Å². The Hall–Kier alpha value is -1.13. The molecule has 1 aromatic rings. The van der Waals surface area contributed by atoms with Gasteiger partial charge in [-0.15, -0.1) is 0 Å². The topological polar surface area (TPSA) is 30.5 Å². The molecular weight excluding hydrogens is 257 g/mol. The first-order chi connectivity index (χ1) is 9.49. The van der Waals surface area contributed by atoms with E-state index >= 15 is 0 Å². The van der Waals surface area contributed by atoms with Crippen molar-refractivity contribution in [3.63, 3.8) is 0 Å². The molecule has 1 N–H and O–H groups in total. The smallest absolute Gasteiger partial charge is 0.165 e. The molecule has 0 amide bonds. The lowest BCUT2D eigenvalue weighted by molar-refractivity contribution is 0.104. The predicted octanol–water partition coefficient (Wildman–Crippen LogP) is 3.55. The number of hydrogen-bond donors (Lipinski definition) is 1. The van der Waals surface area contributed by atoms with Crippen molar-refractivity contribution in [3.05, 3.63) is 29.6 Å². The molecule has 20 heavy (non-hydrogen) atoms. The SMILES string of the molecule is CCOCC(NC(C)c1ccc(OC)c(F)c1)C(C)C. The molecule has 4 heteroatoms. The first kappa shape index (κ1) is 16.9. The molecule has 2 atom stereocenters. The molecule has 0 aromatic heterocycles. The van der Waals surface area contributed by atoms with Crippen LogP contribution in [0.2, 0.25) is 0 Å². The van der Waals surface area contributed by atoms with E-state index in [1.54, 1.807) is 6.07 Å². The van der Waals surface area contributed by atoms with Crippen molar-refractivity contribution in [2.24, 2.45) is 5.92 Å². The second-order valence-electron chi connectivity index (χ2n) is 5.29. The third-order valence-electron chi connectivity index (χ3n) is 3.45. The lowest BCUT2D eigenvalue weighted by Crippen LogP contribution is -2.39. The highest BCUT2D eigenvalue weighted by molar-refractivity contribution is 5.30. The van der Waals surface area contributed by atoms with Crippen LogP contribution in [0.5, 0.6) is 5.75 Å². The summed E-state index contributed by atoms with van der Waals surface area (Å²) in [7, 11) is 1.47. The van der Waals surface area contributed by atoms with Gasteiger partial charge < -0.3 is 14.8 Å². The van der Waals surface area contributed by atoms with Gasteiger partial charge in [0.25, 0.3) is 0 Å². The minimum absolute atomic E-state index is 0.0586. The Kier molecular flexibility index (Phi) is 6.96. The summed E-state index contributed by atoms with van der Waals surface area (Å²) in [6, 6.07) is 5.38. The van der Waals surface area contributed by atoms with E-state index in [9.17, 15) is 4.39 Å². The number of benzene rings is 1. The molecular formula is C16H26FNO2. The molecule has 0 aliphatic heterocycles. The highest BCUT2D eigenvalue weighted by Crippen LogP contribution is 2.22. The summed E-state index contributed by atoms with van der Waals surface area (Å²) < 4.78 is 24.2. The lowest BCUT2D eigenvalue weighted by atomic mass is 10.0. The van der Waals surface area contributed by atoms with Crippen molar-refractivity contribution in [3.8, 4) is 5.75 Å². The fourth-order valence-electron chi connectivity index (χ4n) is 2.05. The van der Waals surface area contributed by atoms with Gasteiger partial charge in [0.1, 0.15) is 0 Å². The summed E-state index contributed by atoms with van der Waals surface area (Å²) in [6.45, 7) is 9.69. The van der Waals surface area contributed by atoms with E-state index in [0.29, 0.717) is 19.1 Å². The fourth-order valence-corrected chi connectivity index (χ4v) is 2.05. The number of ether oxygens (including phenoxy) is 2. The Balaban J connectivity index is 2.72. The molecule has 0 saturated carbocycles. The van der Waals surface area contributed by atoms with Crippen LogP contribution in [0.25, 0.3) is 0 Å². The van der Waals surface area contributed by atoms with E-state index in [1.807, 2.05) is 19.9 Å². The van der Waals surface area contributed by atoms with Gasteiger partial charge in [0.2, 0.25) is 0 Å². The average molecular weight is 283 g/mol. The Labute approximate surface area is 121 Å². The molecule has 0 radical (unpaired) electrons.